The van der Waals surface area contributed by atoms with Gasteiger partial charge in [0, 0.05) is 30.4 Å². The third-order valence-corrected chi connectivity index (χ3v) is 5.52. The molecule has 0 aliphatic carbocycles. The summed E-state index contributed by atoms with van der Waals surface area (Å²) in [5.74, 6) is -0.474. The number of amides is 2. The Morgan fingerprint density at radius 2 is 2.00 bits per heavy atom. The number of nitrogens with zero attached hydrogens (tertiary/aromatic N) is 5. The summed E-state index contributed by atoms with van der Waals surface area (Å²) < 4.78 is 28.9. The van der Waals surface area contributed by atoms with Gasteiger partial charge in [0.25, 0.3) is 0 Å². The van der Waals surface area contributed by atoms with Crippen LogP contribution in [0, 0.1) is 11.2 Å². The summed E-state index contributed by atoms with van der Waals surface area (Å²) in [6.45, 7) is 6.52. The Kier molecular flexibility index (Phi) is 4.16. The monoisotopic (exact) mass is 412 g/mol. The summed E-state index contributed by atoms with van der Waals surface area (Å²) >= 11 is 0. The van der Waals surface area contributed by atoms with Gasteiger partial charge >= 0.3 is 6.03 Å². The number of anilines is 2. The number of fused-ring (bicyclic) bond motifs is 1. The Morgan fingerprint density at radius 3 is 2.70 bits per heavy atom. The maximum atomic E-state index is 14.5. The number of urea groups is 1. The summed E-state index contributed by atoms with van der Waals surface area (Å²) in [6, 6.07) is 5.84. The molecule has 0 atom stereocenters. The zero-order chi connectivity index (χ0) is 21.0. The molecule has 2 fully saturated rings. The standard InChI is InChI=1S/C21H22F2N6O/c1-21(2)11-28(12-21)16-5-13-8-29(26-19(13)24-7-16)18-6-15(3-4-17(18)23)25-20(30)27-9-14(22)10-27/h3-8,14H,9-12H2,1-2H3,(H,25,30). The Bertz CT molecular complexity index is 1130. The van der Waals surface area contributed by atoms with E-state index in [4.69, 9.17) is 0 Å². The molecule has 0 radical (unpaired) electrons. The first-order chi connectivity index (χ1) is 14.3. The topological polar surface area (TPSA) is 66.3 Å². The number of pyridine rings is 1. The predicted octanol–water partition coefficient (Wildman–Crippen LogP) is 3.59. The highest BCUT2D eigenvalue weighted by molar-refractivity contribution is 5.90. The van der Waals surface area contributed by atoms with Crippen LogP contribution in [0.3, 0.4) is 0 Å². The normalized spacial score (nSPS) is 18.3. The van der Waals surface area contributed by atoms with E-state index in [0.717, 1.165) is 24.2 Å². The summed E-state index contributed by atoms with van der Waals surface area (Å²) in [5, 5.41) is 7.86. The van der Waals surface area contributed by atoms with E-state index in [9.17, 15) is 13.6 Å². The fourth-order valence-electron chi connectivity index (χ4n) is 3.93. The molecular formula is C21H22F2N6O. The molecule has 0 spiro atoms. The SMILES string of the molecule is CC1(C)CN(c2cnc3nn(-c4cc(NC(=O)N5CC(F)C5)ccc4F)cc3c2)C1. The van der Waals surface area contributed by atoms with Crippen molar-refractivity contribution in [3.63, 3.8) is 0 Å². The lowest BCUT2D eigenvalue weighted by Gasteiger charge is -2.47. The average molecular weight is 412 g/mol. The summed E-state index contributed by atoms with van der Waals surface area (Å²) in [5.41, 5.74) is 2.44. The molecule has 30 heavy (non-hydrogen) atoms. The number of alkyl halides is 1. The van der Waals surface area contributed by atoms with Gasteiger partial charge in [0.15, 0.2) is 5.65 Å². The van der Waals surface area contributed by atoms with Crippen LogP contribution >= 0.6 is 0 Å². The number of rotatable bonds is 3. The number of benzene rings is 1. The number of aromatic nitrogens is 3. The highest BCUT2D eigenvalue weighted by atomic mass is 19.1. The lowest BCUT2D eigenvalue weighted by molar-refractivity contribution is 0.0974. The van der Waals surface area contributed by atoms with E-state index in [0.29, 0.717) is 16.7 Å². The fourth-order valence-corrected chi connectivity index (χ4v) is 3.93. The number of hydrogen-bond donors (Lipinski definition) is 1. The van der Waals surface area contributed by atoms with Crippen LogP contribution in [0.15, 0.2) is 36.7 Å². The van der Waals surface area contributed by atoms with Crippen molar-refractivity contribution >= 4 is 28.4 Å². The van der Waals surface area contributed by atoms with Crippen molar-refractivity contribution in [3.05, 3.63) is 42.5 Å². The van der Waals surface area contributed by atoms with Gasteiger partial charge < -0.3 is 15.1 Å². The molecule has 1 aromatic carbocycles. The molecular weight excluding hydrogens is 390 g/mol. The zero-order valence-electron chi connectivity index (χ0n) is 16.8. The lowest BCUT2D eigenvalue weighted by atomic mass is 9.84. The maximum Gasteiger partial charge on any atom is 0.322 e. The molecule has 2 amide bonds. The van der Waals surface area contributed by atoms with Crippen LogP contribution < -0.4 is 10.2 Å². The number of halogens is 2. The first-order valence-electron chi connectivity index (χ1n) is 9.88. The van der Waals surface area contributed by atoms with Crippen molar-refractivity contribution in [3.8, 4) is 5.69 Å². The molecule has 9 heteroatoms. The first kappa shape index (κ1) is 18.8. The highest BCUT2D eigenvalue weighted by Gasteiger charge is 2.34. The van der Waals surface area contributed by atoms with E-state index in [-0.39, 0.29) is 18.8 Å². The van der Waals surface area contributed by atoms with E-state index >= 15 is 0 Å². The molecule has 2 aliphatic heterocycles. The fraction of sp³-hybridized carbons (Fsp3) is 0.381. The number of hydrogen-bond acceptors (Lipinski definition) is 4. The van der Waals surface area contributed by atoms with Gasteiger partial charge in [-0.05, 0) is 29.7 Å². The predicted molar refractivity (Wildman–Crippen MR) is 110 cm³/mol. The Morgan fingerprint density at radius 1 is 1.23 bits per heavy atom. The third kappa shape index (κ3) is 3.34. The van der Waals surface area contributed by atoms with Crippen molar-refractivity contribution in [2.75, 3.05) is 36.4 Å². The van der Waals surface area contributed by atoms with Gasteiger partial charge in [-0.2, -0.15) is 0 Å². The van der Waals surface area contributed by atoms with Crippen molar-refractivity contribution in [1.29, 1.82) is 0 Å². The largest absolute Gasteiger partial charge is 0.369 e. The third-order valence-electron chi connectivity index (χ3n) is 5.52. The lowest BCUT2D eigenvalue weighted by Crippen LogP contribution is -2.53. The second-order valence-corrected chi connectivity index (χ2v) is 8.80. The molecule has 2 aromatic heterocycles. The highest BCUT2D eigenvalue weighted by Crippen LogP contribution is 2.34. The van der Waals surface area contributed by atoms with E-state index in [1.807, 2.05) is 6.07 Å². The summed E-state index contributed by atoms with van der Waals surface area (Å²) in [7, 11) is 0. The van der Waals surface area contributed by atoms with Crippen molar-refractivity contribution in [1.82, 2.24) is 19.7 Å². The smallest absolute Gasteiger partial charge is 0.322 e. The van der Waals surface area contributed by atoms with E-state index in [1.165, 1.54) is 27.8 Å². The number of carbonyl (C=O) groups excluding carboxylic acids is 1. The Balaban J connectivity index is 1.39. The molecule has 2 saturated heterocycles. The van der Waals surface area contributed by atoms with E-state index in [1.54, 1.807) is 12.4 Å². The van der Waals surface area contributed by atoms with Gasteiger partial charge in [-0.3, -0.25) is 0 Å². The number of nitrogens with one attached hydrogen (secondary N) is 1. The quantitative estimate of drug-likeness (QED) is 0.714. The van der Waals surface area contributed by atoms with Crippen LogP contribution in [0.1, 0.15) is 13.8 Å². The molecule has 156 valence electrons. The van der Waals surface area contributed by atoms with Crippen molar-refractivity contribution < 1.29 is 13.6 Å². The molecule has 0 bridgehead atoms. The minimum Gasteiger partial charge on any atom is -0.369 e. The minimum absolute atomic E-state index is 0.0760. The molecule has 5 rings (SSSR count). The van der Waals surface area contributed by atoms with Gasteiger partial charge in [-0.25, -0.2) is 23.2 Å². The Labute approximate surface area is 172 Å². The average Bonchev–Trinajstić information content (AvgIpc) is 3.07. The first-order valence-corrected chi connectivity index (χ1v) is 9.88. The van der Waals surface area contributed by atoms with Crippen molar-refractivity contribution in [2.24, 2.45) is 5.41 Å². The van der Waals surface area contributed by atoms with E-state index in [2.05, 4.69) is 34.1 Å². The van der Waals surface area contributed by atoms with Gasteiger partial charge in [-0.1, -0.05) is 13.8 Å². The molecule has 0 saturated carbocycles. The van der Waals surface area contributed by atoms with Crippen LogP contribution in [0.25, 0.3) is 16.7 Å². The second-order valence-electron chi connectivity index (χ2n) is 8.80. The van der Waals surface area contributed by atoms with Crippen LogP contribution in [-0.4, -0.2) is 58.0 Å². The number of carbonyl (C=O) groups is 1. The van der Waals surface area contributed by atoms with Gasteiger partial charge in [0.1, 0.15) is 17.7 Å². The minimum atomic E-state index is -0.976. The molecule has 0 unspecified atom stereocenters. The van der Waals surface area contributed by atoms with Crippen LogP contribution in [-0.2, 0) is 0 Å². The van der Waals surface area contributed by atoms with Gasteiger partial charge in [-0.15, -0.1) is 5.10 Å². The Hall–Kier alpha value is -3.23. The zero-order valence-corrected chi connectivity index (χ0v) is 16.8. The summed E-state index contributed by atoms with van der Waals surface area (Å²) in [6.07, 6.45) is 2.53. The van der Waals surface area contributed by atoms with Gasteiger partial charge in [0.05, 0.1) is 25.0 Å². The molecule has 1 N–H and O–H groups in total. The van der Waals surface area contributed by atoms with E-state index < -0.39 is 18.0 Å². The molecule has 4 heterocycles. The molecule has 2 aliphatic rings. The molecule has 7 nitrogen and oxygen atoms in total. The van der Waals surface area contributed by atoms with Crippen LogP contribution in [0.5, 0.6) is 0 Å². The molecule has 3 aromatic rings. The van der Waals surface area contributed by atoms with Crippen LogP contribution in [0.4, 0.5) is 25.0 Å². The van der Waals surface area contributed by atoms with Crippen molar-refractivity contribution in [2.45, 2.75) is 20.0 Å². The van der Waals surface area contributed by atoms with Gasteiger partial charge in [0.2, 0.25) is 0 Å². The maximum absolute atomic E-state index is 14.5. The number of likely N-dealkylation sites (tertiary alicyclic amines) is 1. The van der Waals surface area contributed by atoms with Crippen LogP contribution in [0.2, 0.25) is 0 Å². The summed E-state index contributed by atoms with van der Waals surface area (Å²) in [4.78, 5) is 20.1. The second kappa shape index (κ2) is 6.65.